The average molecular weight is 409 g/mol. The van der Waals surface area contributed by atoms with Gasteiger partial charge in [-0.2, -0.15) is 0 Å². The minimum atomic E-state index is -1.21. The summed E-state index contributed by atoms with van der Waals surface area (Å²) in [5.74, 6) is -3.12. The minimum absolute atomic E-state index is 0.0398. The van der Waals surface area contributed by atoms with Crippen molar-refractivity contribution in [2.45, 2.75) is 19.9 Å². The Morgan fingerprint density at radius 2 is 2.12 bits per heavy atom. The van der Waals surface area contributed by atoms with Crippen molar-refractivity contribution in [1.29, 1.82) is 0 Å². The van der Waals surface area contributed by atoms with E-state index in [0.29, 0.717) is 6.07 Å². The maximum Gasteiger partial charge on any atom is 0.343 e. The van der Waals surface area contributed by atoms with Crippen LogP contribution in [0.1, 0.15) is 19.4 Å². The third kappa shape index (κ3) is 4.90. The first-order chi connectivity index (χ1) is 12.1. The van der Waals surface area contributed by atoms with Crippen molar-refractivity contribution < 1.29 is 29.1 Å². The van der Waals surface area contributed by atoms with Crippen molar-refractivity contribution in [3.8, 4) is 0 Å². The normalized spacial score (nSPS) is 13.5. The van der Waals surface area contributed by atoms with Crippen LogP contribution in [0.2, 0.25) is 10.0 Å². The number of rotatable bonds is 7. The number of aliphatic hydroxyl groups is 2. The van der Waals surface area contributed by atoms with Gasteiger partial charge in [-0.1, -0.05) is 23.2 Å². The molecule has 0 aliphatic carbocycles. The third-order valence-corrected chi connectivity index (χ3v) is 3.79. The number of benzene rings is 1. The summed E-state index contributed by atoms with van der Waals surface area (Å²) in [5, 5.41) is 28.9. The zero-order chi connectivity index (χ0) is 20.0. The number of hydrogen-bond donors (Lipinski definition) is 2. The van der Waals surface area contributed by atoms with E-state index >= 15 is 0 Å². The van der Waals surface area contributed by atoms with Crippen molar-refractivity contribution in [1.82, 2.24) is 0 Å². The number of hydrogen-bond acceptors (Lipinski definition) is 7. The lowest BCUT2D eigenvalue weighted by molar-refractivity contribution is -0.384. The molecule has 2 N–H and O–H groups in total. The fourth-order valence-corrected chi connectivity index (χ4v) is 2.31. The molecule has 0 amide bonds. The standard InChI is InChI=1S/C15H15Cl2FN2O6/c1-3-26-15(23)9(5-19-7(2)6-21)14(22)8-4-10(18)12(17)13(11(8)16)20(24)25/h4-5,7,21-22H,3,6H2,1-2H3/b14-9-,19-5?/t7-/m0/s1. The summed E-state index contributed by atoms with van der Waals surface area (Å²) >= 11 is 11.4. The summed E-state index contributed by atoms with van der Waals surface area (Å²) in [6.45, 7) is 2.66. The number of aliphatic imine (C=N–C) groups is 1. The van der Waals surface area contributed by atoms with E-state index in [1.807, 2.05) is 0 Å². The Labute approximate surface area is 157 Å². The number of halogens is 3. The Morgan fingerprint density at radius 1 is 1.50 bits per heavy atom. The number of esters is 1. The first-order valence-corrected chi connectivity index (χ1v) is 7.97. The number of ether oxygens (including phenoxy) is 1. The zero-order valence-corrected chi connectivity index (χ0v) is 15.2. The second-order valence-electron chi connectivity index (χ2n) is 4.93. The molecule has 0 radical (unpaired) electrons. The van der Waals surface area contributed by atoms with Gasteiger partial charge in [0, 0.05) is 11.8 Å². The van der Waals surface area contributed by atoms with Crippen LogP contribution >= 0.6 is 23.2 Å². The predicted octanol–water partition coefficient (Wildman–Crippen LogP) is 3.32. The van der Waals surface area contributed by atoms with Crippen molar-refractivity contribution in [3.05, 3.63) is 43.2 Å². The van der Waals surface area contributed by atoms with Crippen LogP contribution in [0.25, 0.3) is 5.76 Å². The van der Waals surface area contributed by atoms with Crippen LogP contribution in [-0.4, -0.2) is 46.6 Å². The van der Waals surface area contributed by atoms with Gasteiger partial charge in [0.15, 0.2) is 5.02 Å². The molecule has 0 heterocycles. The summed E-state index contributed by atoms with van der Waals surface area (Å²) < 4.78 is 18.7. The van der Waals surface area contributed by atoms with Gasteiger partial charge in [-0.3, -0.25) is 15.1 Å². The molecular formula is C15H15Cl2FN2O6. The summed E-state index contributed by atoms with van der Waals surface area (Å²) in [6, 6.07) is 0.0363. The van der Waals surface area contributed by atoms with Crippen molar-refractivity contribution in [2.75, 3.05) is 13.2 Å². The van der Waals surface area contributed by atoms with Gasteiger partial charge in [-0.15, -0.1) is 0 Å². The van der Waals surface area contributed by atoms with Crippen LogP contribution in [0.5, 0.6) is 0 Å². The van der Waals surface area contributed by atoms with E-state index in [1.54, 1.807) is 0 Å². The first-order valence-electron chi connectivity index (χ1n) is 7.22. The maximum atomic E-state index is 13.9. The Morgan fingerprint density at radius 3 is 2.62 bits per heavy atom. The molecule has 142 valence electrons. The summed E-state index contributed by atoms with van der Waals surface area (Å²) in [4.78, 5) is 25.9. The summed E-state index contributed by atoms with van der Waals surface area (Å²) in [7, 11) is 0. The lowest BCUT2D eigenvalue weighted by Crippen LogP contribution is -2.13. The molecule has 1 atom stereocenters. The molecule has 0 saturated heterocycles. The second kappa shape index (κ2) is 9.46. The molecule has 0 fully saturated rings. The Hall–Kier alpha value is -2.23. The molecule has 1 rings (SSSR count). The molecule has 0 spiro atoms. The lowest BCUT2D eigenvalue weighted by atomic mass is 10.1. The van der Waals surface area contributed by atoms with Crippen LogP contribution in [0.4, 0.5) is 10.1 Å². The molecule has 0 aromatic heterocycles. The van der Waals surface area contributed by atoms with E-state index in [2.05, 4.69) is 4.99 Å². The van der Waals surface area contributed by atoms with Gasteiger partial charge in [0.05, 0.1) is 24.2 Å². The van der Waals surface area contributed by atoms with Gasteiger partial charge < -0.3 is 14.9 Å². The highest BCUT2D eigenvalue weighted by atomic mass is 35.5. The van der Waals surface area contributed by atoms with E-state index in [1.165, 1.54) is 13.8 Å². The molecule has 26 heavy (non-hydrogen) atoms. The molecule has 1 aromatic rings. The fourth-order valence-electron chi connectivity index (χ4n) is 1.74. The largest absolute Gasteiger partial charge is 0.506 e. The van der Waals surface area contributed by atoms with E-state index in [0.717, 1.165) is 6.21 Å². The Kier molecular flexibility index (Phi) is 7.94. The summed E-state index contributed by atoms with van der Waals surface area (Å²) in [5.41, 5.74) is -2.02. The first kappa shape index (κ1) is 21.8. The van der Waals surface area contributed by atoms with Crippen LogP contribution in [0.15, 0.2) is 16.6 Å². The van der Waals surface area contributed by atoms with Crippen LogP contribution in [-0.2, 0) is 9.53 Å². The van der Waals surface area contributed by atoms with Crippen molar-refractivity contribution in [2.24, 2.45) is 4.99 Å². The fraction of sp³-hybridized carbons (Fsp3) is 0.333. The van der Waals surface area contributed by atoms with Gasteiger partial charge in [-0.25, -0.2) is 9.18 Å². The quantitative estimate of drug-likeness (QED) is 0.136. The zero-order valence-electron chi connectivity index (χ0n) is 13.7. The molecule has 0 unspecified atom stereocenters. The molecule has 0 aliphatic rings. The Balaban J connectivity index is 3.67. The SMILES string of the molecule is CCOC(=O)/C(C=N[C@@H](C)CO)=C(\O)c1cc(F)c(Cl)c([N+](=O)[O-])c1Cl. The van der Waals surface area contributed by atoms with E-state index in [4.69, 9.17) is 33.0 Å². The smallest absolute Gasteiger partial charge is 0.343 e. The highest BCUT2D eigenvalue weighted by Crippen LogP contribution is 2.39. The van der Waals surface area contributed by atoms with Crippen LogP contribution in [0.3, 0.4) is 0 Å². The lowest BCUT2D eigenvalue weighted by Gasteiger charge is -2.10. The highest BCUT2D eigenvalue weighted by Gasteiger charge is 2.28. The van der Waals surface area contributed by atoms with Gasteiger partial charge in [0.1, 0.15) is 22.2 Å². The summed E-state index contributed by atoms with van der Waals surface area (Å²) in [6.07, 6.45) is 0.906. The topological polar surface area (TPSA) is 122 Å². The molecule has 1 aromatic carbocycles. The number of aliphatic hydroxyl groups excluding tert-OH is 2. The van der Waals surface area contributed by atoms with Gasteiger partial charge in [0.2, 0.25) is 0 Å². The molecule has 0 bridgehead atoms. The minimum Gasteiger partial charge on any atom is -0.506 e. The van der Waals surface area contributed by atoms with Gasteiger partial charge in [-0.05, 0) is 19.9 Å². The van der Waals surface area contributed by atoms with E-state index < -0.39 is 55.4 Å². The van der Waals surface area contributed by atoms with Crippen LogP contribution in [0, 0.1) is 15.9 Å². The predicted molar refractivity (Wildman–Crippen MR) is 94.3 cm³/mol. The molecule has 0 aliphatic heterocycles. The molecule has 8 nitrogen and oxygen atoms in total. The highest BCUT2D eigenvalue weighted by molar-refractivity contribution is 6.39. The van der Waals surface area contributed by atoms with Gasteiger partial charge >= 0.3 is 11.7 Å². The van der Waals surface area contributed by atoms with Gasteiger partial charge in [0.25, 0.3) is 0 Å². The van der Waals surface area contributed by atoms with E-state index in [9.17, 15) is 24.4 Å². The third-order valence-electron chi connectivity index (χ3n) is 3.04. The molecule has 11 heteroatoms. The second-order valence-corrected chi connectivity index (χ2v) is 5.69. The molecule has 0 saturated carbocycles. The van der Waals surface area contributed by atoms with Crippen molar-refractivity contribution in [3.63, 3.8) is 0 Å². The molecular weight excluding hydrogens is 394 g/mol. The number of nitro groups is 1. The number of carbonyl (C=O) groups is 1. The van der Waals surface area contributed by atoms with Crippen LogP contribution < -0.4 is 0 Å². The maximum absolute atomic E-state index is 13.9. The number of nitro benzene ring substituents is 1. The monoisotopic (exact) mass is 408 g/mol. The van der Waals surface area contributed by atoms with Crippen molar-refractivity contribution >= 4 is 46.8 Å². The Bertz CT molecular complexity index is 782. The average Bonchev–Trinajstić information content (AvgIpc) is 2.57. The number of carbonyl (C=O) groups excluding carboxylic acids is 1. The number of nitrogens with zero attached hydrogens (tertiary/aromatic N) is 2. The van der Waals surface area contributed by atoms with E-state index in [-0.39, 0.29) is 13.2 Å².